The zero-order valence-corrected chi connectivity index (χ0v) is 9.22. The lowest BCUT2D eigenvalue weighted by atomic mass is 10.2. The third-order valence-electron chi connectivity index (χ3n) is 2.52. The van der Waals surface area contributed by atoms with Crippen LogP contribution in [0.25, 0.3) is 10.9 Å². The van der Waals surface area contributed by atoms with Crippen LogP contribution in [0.4, 0.5) is 5.82 Å². The summed E-state index contributed by atoms with van der Waals surface area (Å²) in [4.78, 5) is 8.36. The van der Waals surface area contributed by atoms with Crippen molar-refractivity contribution in [2.45, 2.75) is 19.4 Å². The highest BCUT2D eigenvalue weighted by Gasteiger charge is 2.04. The Morgan fingerprint density at radius 2 is 2.12 bits per heavy atom. The van der Waals surface area contributed by atoms with Crippen molar-refractivity contribution in [3.63, 3.8) is 0 Å². The van der Waals surface area contributed by atoms with E-state index in [1.54, 1.807) is 0 Å². The summed E-state index contributed by atoms with van der Waals surface area (Å²) in [5, 5.41) is 13.6. The number of nitrogens with zero attached hydrogens (tertiary/aromatic N) is 2. The van der Waals surface area contributed by atoms with Gasteiger partial charge < -0.3 is 10.4 Å². The van der Waals surface area contributed by atoms with Gasteiger partial charge in [-0.1, -0.05) is 19.1 Å². The van der Waals surface area contributed by atoms with Gasteiger partial charge in [0.15, 0.2) is 0 Å². The minimum absolute atomic E-state index is 0.339. The molecule has 1 heterocycles. The van der Waals surface area contributed by atoms with E-state index in [1.165, 1.54) is 6.33 Å². The number of nitrogens with one attached hydrogen (secondary N) is 1. The van der Waals surface area contributed by atoms with Crippen LogP contribution in [0.2, 0.25) is 0 Å². The van der Waals surface area contributed by atoms with Gasteiger partial charge in [0.25, 0.3) is 0 Å². The average molecular weight is 217 g/mol. The fourth-order valence-corrected chi connectivity index (χ4v) is 1.50. The number of rotatable bonds is 4. The van der Waals surface area contributed by atoms with Gasteiger partial charge in [0.2, 0.25) is 0 Å². The second-order valence-corrected chi connectivity index (χ2v) is 3.68. The van der Waals surface area contributed by atoms with Crippen molar-refractivity contribution in [2.24, 2.45) is 0 Å². The van der Waals surface area contributed by atoms with Crippen molar-refractivity contribution in [3.05, 3.63) is 30.6 Å². The zero-order valence-electron chi connectivity index (χ0n) is 9.22. The van der Waals surface area contributed by atoms with Gasteiger partial charge in [-0.2, -0.15) is 0 Å². The molecule has 0 aliphatic carbocycles. The molecule has 0 amide bonds. The molecule has 84 valence electrons. The number of benzene rings is 1. The van der Waals surface area contributed by atoms with E-state index in [-0.39, 0.29) is 6.10 Å². The lowest BCUT2D eigenvalue weighted by Crippen LogP contribution is -2.18. The van der Waals surface area contributed by atoms with E-state index in [1.807, 2.05) is 31.2 Å². The van der Waals surface area contributed by atoms with E-state index >= 15 is 0 Å². The van der Waals surface area contributed by atoms with Crippen molar-refractivity contribution in [1.29, 1.82) is 0 Å². The molecule has 0 fully saturated rings. The van der Waals surface area contributed by atoms with Gasteiger partial charge in [0.1, 0.15) is 12.1 Å². The van der Waals surface area contributed by atoms with Crippen molar-refractivity contribution in [2.75, 3.05) is 11.9 Å². The first kappa shape index (κ1) is 10.8. The van der Waals surface area contributed by atoms with Gasteiger partial charge in [0, 0.05) is 11.9 Å². The van der Waals surface area contributed by atoms with Crippen LogP contribution in [0.3, 0.4) is 0 Å². The first-order chi connectivity index (χ1) is 7.81. The molecule has 1 atom stereocenters. The first-order valence-electron chi connectivity index (χ1n) is 5.43. The van der Waals surface area contributed by atoms with Crippen molar-refractivity contribution < 1.29 is 5.11 Å². The summed E-state index contributed by atoms with van der Waals surface area (Å²) in [6.07, 6.45) is 1.92. The topological polar surface area (TPSA) is 58.0 Å². The quantitative estimate of drug-likeness (QED) is 0.820. The van der Waals surface area contributed by atoms with Crippen LogP contribution in [0.15, 0.2) is 30.6 Å². The van der Waals surface area contributed by atoms with Crippen molar-refractivity contribution in [3.8, 4) is 0 Å². The lowest BCUT2D eigenvalue weighted by molar-refractivity contribution is 0.183. The fraction of sp³-hybridized carbons (Fsp3) is 0.333. The van der Waals surface area contributed by atoms with E-state index in [0.717, 1.165) is 23.1 Å². The van der Waals surface area contributed by atoms with E-state index in [9.17, 15) is 5.11 Å². The van der Waals surface area contributed by atoms with Crippen LogP contribution in [-0.2, 0) is 0 Å². The number of aliphatic hydroxyl groups excluding tert-OH is 1. The van der Waals surface area contributed by atoms with Crippen molar-refractivity contribution >= 4 is 16.7 Å². The fourth-order valence-electron chi connectivity index (χ4n) is 1.50. The molecule has 1 unspecified atom stereocenters. The Labute approximate surface area is 94.4 Å². The minimum atomic E-state index is -0.339. The maximum atomic E-state index is 9.49. The minimum Gasteiger partial charge on any atom is -0.391 e. The van der Waals surface area contributed by atoms with Gasteiger partial charge in [0.05, 0.1) is 11.6 Å². The summed E-state index contributed by atoms with van der Waals surface area (Å²) < 4.78 is 0. The highest BCUT2D eigenvalue weighted by Crippen LogP contribution is 2.18. The zero-order chi connectivity index (χ0) is 11.4. The van der Waals surface area contributed by atoms with Crippen LogP contribution in [0, 0.1) is 0 Å². The molecule has 0 aliphatic rings. The Hall–Kier alpha value is -1.68. The molecule has 4 nitrogen and oxygen atoms in total. The van der Waals surface area contributed by atoms with Crippen LogP contribution < -0.4 is 5.32 Å². The summed E-state index contributed by atoms with van der Waals surface area (Å²) in [6.45, 7) is 2.46. The average Bonchev–Trinajstić information content (AvgIpc) is 2.35. The number of aromatic nitrogens is 2. The maximum Gasteiger partial charge on any atom is 0.137 e. The van der Waals surface area contributed by atoms with E-state index in [4.69, 9.17) is 0 Å². The Bertz CT molecular complexity index is 467. The number of aliphatic hydroxyl groups is 1. The molecule has 0 aliphatic heterocycles. The molecule has 2 N–H and O–H groups in total. The van der Waals surface area contributed by atoms with Gasteiger partial charge in [-0.3, -0.25) is 0 Å². The second kappa shape index (κ2) is 4.90. The molecule has 0 spiro atoms. The SMILES string of the molecule is CCC(O)CNc1ncnc2ccccc12. The largest absolute Gasteiger partial charge is 0.391 e. The number of para-hydroxylation sites is 1. The monoisotopic (exact) mass is 217 g/mol. The van der Waals surface area contributed by atoms with E-state index < -0.39 is 0 Å². The summed E-state index contributed by atoms with van der Waals surface area (Å²) in [7, 11) is 0. The number of fused-ring (bicyclic) bond motifs is 1. The Balaban J connectivity index is 2.23. The lowest BCUT2D eigenvalue weighted by Gasteiger charge is -2.11. The van der Waals surface area contributed by atoms with Crippen LogP contribution in [-0.4, -0.2) is 27.7 Å². The Morgan fingerprint density at radius 1 is 1.31 bits per heavy atom. The summed E-state index contributed by atoms with van der Waals surface area (Å²) in [6, 6.07) is 7.81. The molecule has 2 aromatic rings. The molecule has 0 saturated carbocycles. The first-order valence-corrected chi connectivity index (χ1v) is 5.43. The molecule has 0 bridgehead atoms. The highest BCUT2D eigenvalue weighted by molar-refractivity contribution is 5.88. The van der Waals surface area contributed by atoms with E-state index in [0.29, 0.717) is 6.54 Å². The Morgan fingerprint density at radius 3 is 2.94 bits per heavy atom. The predicted octanol–water partition coefficient (Wildman–Crippen LogP) is 1.81. The molecule has 2 rings (SSSR count). The van der Waals surface area contributed by atoms with Crippen molar-refractivity contribution in [1.82, 2.24) is 9.97 Å². The molecular weight excluding hydrogens is 202 g/mol. The third kappa shape index (κ3) is 2.28. The third-order valence-corrected chi connectivity index (χ3v) is 2.52. The summed E-state index contributed by atoms with van der Waals surface area (Å²) in [5.74, 6) is 0.776. The summed E-state index contributed by atoms with van der Waals surface area (Å²) in [5.41, 5.74) is 0.908. The van der Waals surface area contributed by atoms with Crippen LogP contribution >= 0.6 is 0 Å². The van der Waals surface area contributed by atoms with Crippen LogP contribution in [0.5, 0.6) is 0 Å². The molecule has 4 heteroatoms. The molecule has 0 saturated heterocycles. The van der Waals surface area contributed by atoms with E-state index in [2.05, 4.69) is 15.3 Å². The van der Waals surface area contributed by atoms with Gasteiger partial charge in [-0.05, 0) is 18.6 Å². The molecule has 16 heavy (non-hydrogen) atoms. The maximum absolute atomic E-state index is 9.49. The molecule has 0 radical (unpaired) electrons. The highest BCUT2D eigenvalue weighted by atomic mass is 16.3. The number of hydrogen-bond donors (Lipinski definition) is 2. The normalized spacial score (nSPS) is 12.6. The predicted molar refractivity (Wildman–Crippen MR) is 64.3 cm³/mol. The smallest absolute Gasteiger partial charge is 0.137 e. The Kier molecular flexibility index (Phi) is 3.31. The van der Waals surface area contributed by atoms with Crippen LogP contribution in [0.1, 0.15) is 13.3 Å². The van der Waals surface area contributed by atoms with Gasteiger partial charge in [-0.25, -0.2) is 9.97 Å². The second-order valence-electron chi connectivity index (χ2n) is 3.68. The molecule has 1 aromatic heterocycles. The summed E-state index contributed by atoms with van der Waals surface area (Å²) >= 11 is 0. The number of hydrogen-bond acceptors (Lipinski definition) is 4. The standard InChI is InChI=1S/C12H15N3O/c1-2-9(16)7-13-12-10-5-3-4-6-11(10)14-8-15-12/h3-6,8-9,16H,2,7H2,1H3,(H,13,14,15). The van der Waals surface area contributed by atoms with Gasteiger partial charge >= 0.3 is 0 Å². The molecular formula is C12H15N3O. The molecule has 1 aromatic carbocycles. The number of anilines is 1. The van der Waals surface area contributed by atoms with Gasteiger partial charge in [-0.15, -0.1) is 0 Å².